The molecule has 24 heavy (non-hydrogen) atoms. The summed E-state index contributed by atoms with van der Waals surface area (Å²) in [6.45, 7) is 11.9. The molecule has 0 amide bonds. The molecule has 132 valence electrons. The lowest BCUT2D eigenvalue weighted by Crippen LogP contribution is -2.42. The Kier molecular flexibility index (Phi) is 4.72. The summed E-state index contributed by atoms with van der Waals surface area (Å²) in [4.78, 5) is 8.28. The van der Waals surface area contributed by atoms with Crippen LogP contribution in [-0.2, 0) is 9.16 Å². The largest absolute Gasteiger partial charge is 0.414 e. The zero-order valence-corrected chi connectivity index (χ0v) is 16.7. The Hall–Kier alpha value is -1.02. The third kappa shape index (κ3) is 3.35. The van der Waals surface area contributed by atoms with Gasteiger partial charge in [0, 0.05) is 0 Å². The van der Waals surface area contributed by atoms with E-state index in [1.807, 2.05) is 0 Å². The molecule has 0 spiro atoms. The van der Waals surface area contributed by atoms with Crippen LogP contribution in [0.2, 0.25) is 23.3 Å². The Bertz CT molecular complexity index is 728. The average Bonchev–Trinajstić information content (AvgIpc) is 3.10. The van der Waals surface area contributed by atoms with Crippen molar-refractivity contribution < 1.29 is 9.16 Å². The Morgan fingerprint density at radius 3 is 2.79 bits per heavy atom. The van der Waals surface area contributed by atoms with Crippen LogP contribution in [0.25, 0.3) is 11.0 Å². The fourth-order valence-corrected chi connectivity index (χ4v) is 3.76. The fourth-order valence-electron chi connectivity index (χ4n) is 2.55. The van der Waals surface area contributed by atoms with Gasteiger partial charge in [-0.05, 0) is 31.0 Å². The summed E-state index contributed by atoms with van der Waals surface area (Å²) in [6.07, 6.45) is 4.97. The molecule has 2 aromatic rings. The quantitative estimate of drug-likeness (QED) is 0.598. The molecule has 0 aromatic carbocycles. The molecule has 1 aliphatic heterocycles. The average molecular weight is 369 g/mol. The summed E-state index contributed by atoms with van der Waals surface area (Å²) in [5.41, 5.74) is 0.714. The summed E-state index contributed by atoms with van der Waals surface area (Å²) in [7, 11) is -1.75. The second-order valence-electron chi connectivity index (χ2n) is 7.85. The van der Waals surface area contributed by atoms with E-state index in [2.05, 4.69) is 48.9 Å². The molecule has 0 radical (unpaired) electrons. The first-order valence-electron chi connectivity index (χ1n) is 8.32. The molecule has 8 heteroatoms. The van der Waals surface area contributed by atoms with Gasteiger partial charge >= 0.3 is 0 Å². The van der Waals surface area contributed by atoms with Crippen molar-refractivity contribution in [2.24, 2.45) is 0 Å². The summed E-state index contributed by atoms with van der Waals surface area (Å²) in [5.74, 6) is 0. The maximum Gasteiger partial charge on any atom is 0.192 e. The van der Waals surface area contributed by atoms with Gasteiger partial charge in [-0.2, -0.15) is 5.10 Å². The SMILES string of the molecule is CC(C)(C)[Si](C)(C)OC[C@@H]1CCC(n2ncc3c(Cl)ncnc32)O1. The van der Waals surface area contributed by atoms with E-state index in [9.17, 15) is 0 Å². The van der Waals surface area contributed by atoms with Crippen LogP contribution in [0.4, 0.5) is 0 Å². The zero-order chi connectivity index (χ0) is 17.5. The van der Waals surface area contributed by atoms with E-state index in [-0.39, 0.29) is 17.4 Å². The van der Waals surface area contributed by atoms with Crippen molar-refractivity contribution in [3.8, 4) is 0 Å². The molecule has 1 fully saturated rings. The third-order valence-electron chi connectivity index (χ3n) is 5.14. The van der Waals surface area contributed by atoms with Gasteiger partial charge in [0.2, 0.25) is 0 Å². The maximum atomic E-state index is 6.29. The first-order valence-corrected chi connectivity index (χ1v) is 11.6. The molecule has 0 bridgehead atoms. The molecular weight excluding hydrogens is 344 g/mol. The van der Waals surface area contributed by atoms with Crippen molar-refractivity contribution in [2.75, 3.05) is 6.61 Å². The van der Waals surface area contributed by atoms with Gasteiger partial charge in [-0.25, -0.2) is 14.6 Å². The summed E-state index contributed by atoms with van der Waals surface area (Å²) >= 11 is 6.09. The number of hydrogen-bond donors (Lipinski definition) is 0. The van der Waals surface area contributed by atoms with Gasteiger partial charge < -0.3 is 9.16 Å². The van der Waals surface area contributed by atoms with E-state index in [0.29, 0.717) is 17.4 Å². The zero-order valence-electron chi connectivity index (χ0n) is 14.9. The van der Waals surface area contributed by atoms with E-state index in [0.717, 1.165) is 18.2 Å². The van der Waals surface area contributed by atoms with Crippen LogP contribution >= 0.6 is 11.6 Å². The Morgan fingerprint density at radius 2 is 2.08 bits per heavy atom. The molecular formula is C16H25ClN4O2Si. The van der Waals surface area contributed by atoms with Gasteiger partial charge in [-0.15, -0.1) is 0 Å². The van der Waals surface area contributed by atoms with Crippen LogP contribution in [0, 0.1) is 0 Å². The lowest BCUT2D eigenvalue weighted by Gasteiger charge is -2.36. The number of nitrogens with zero attached hydrogens (tertiary/aromatic N) is 4. The molecule has 1 aliphatic rings. The van der Waals surface area contributed by atoms with Crippen LogP contribution in [0.1, 0.15) is 39.8 Å². The molecule has 0 aliphatic carbocycles. The minimum atomic E-state index is -1.75. The lowest BCUT2D eigenvalue weighted by atomic mass is 10.2. The number of hydrogen-bond acceptors (Lipinski definition) is 5. The van der Waals surface area contributed by atoms with Crippen molar-refractivity contribution in [1.29, 1.82) is 0 Å². The molecule has 0 N–H and O–H groups in total. The highest BCUT2D eigenvalue weighted by atomic mass is 35.5. The van der Waals surface area contributed by atoms with E-state index in [4.69, 9.17) is 20.8 Å². The topological polar surface area (TPSA) is 62.1 Å². The van der Waals surface area contributed by atoms with E-state index < -0.39 is 8.32 Å². The normalized spacial score (nSPS) is 22.4. The van der Waals surface area contributed by atoms with E-state index >= 15 is 0 Å². The minimum Gasteiger partial charge on any atom is -0.414 e. The molecule has 3 rings (SSSR count). The van der Waals surface area contributed by atoms with Crippen molar-refractivity contribution in [3.05, 3.63) is 17.7 Å². The highest BCUT2D eigenvalue weighted by Gasteiger charge is 2.38. The van der Waals surface area contributed by atoms with Crippen LogP contribution < -0.4 is 0 Å². The van der Waals surface area contributed by atoms with E-state index in [1.165, 1.54) is 6.33 Å². The predicted octanol–water partition coefficient (Wildman–Crippen LogP) is 4.18. The highest BCUT2D eigenvalue weighted by molar-refractivity contribution is 6.74. The lowest BCUT2D eigenvalue weighted by molar-refractivity contribution is -0.0238. The molecule has 3 heterocycles. The Labute approximate surface area is 148 Å². The number of rotatable bonds is 4. The molecule has 1 saturated heterocycles. The monoisotopic (exact) mass is 368 g/mol. The number of fused-ring (bicyclic) bond motifs is 1. The van der Waals surface area contributed by atoms with Crippen molar-refractivity contribution in [2.45, 2.75) is 64.1 Å². The van der Waals surface area contributed by atoms with Gasteiger partial charge in [0.25, 0.3) is 0 Å². The number of aromatic nitrogens is 4. The molecule has 6 nitrogen and oxygen atoms in total. The molecule has 1 unspecified atom stereocenters. The fraction of sp³-hybridized carbons (Fsp3) is 0.688. The second kappa shape index (κ2) is 6.37. The van der Waals surface area contributed by atoms with Gasteiger partial charge in [0.05, 0.1) is 24.3 Å². The highest BCUT2D eigenvalue weighted by Crippen LogP contribution is 2.38. The molecule has 2 aromatic heterocycles. The number of ether oxygens (including phenoxy) is 1. The van der Waals surface area contributed by atoms with Crippen molar-refractivity contribution in [1.82, 2.24) is 19.7 Å². The van der Waals surface area contributed by atoms with Crippen LogP contribution in [0.3, 0.4) is 0 Å². The van der Waals surface area contributed by atoms with E-state index in [1.54, 1.807) is 10.9 Å². The molecule has 0 saturated carbocycles. The summed E-state index contributed by atoms with van der Waals surface area (Å²) < 4.78 is 14.2. The predicted molar refractivity (Wildman–Crippen MR) is 96.6 cm³/mol. The van der Waals surface area contributed by atoms with Gasteiger partial charge in [0.15, 0.2) is 20.2 Å². The van der Waals surface area contributed by atoms with Crippen molar-refractivity contribution >= 4 is 31.0 Å². The van der Waals surface area contributed by atoms with Crippen LogP contribution in [0.15, 0.2) is 12.5 Å². The van der Waals surface area contributed by atoms with Gasteiger partial charge in [-0.3, -0.25) is 0 Å². The Morgan fingerprint density at radius 1 is 1.33 bits per heavy atom. The smallest absolute Gasteiger partial charge is 0.192 e. The van der Waals surface area contributed by atoms with Crippen molar-refractivity contribution in [3.63, 3.8) is 0 Å². The summed E-state index contributed by atoms with van der Waals surface area (Å²) in [6, 6.07) is 0. The van der Waals surface area contributed by atoms with Crippen LogP contribution in [-0.4, -0.2) is 40.8 Å². The molecule has 2 atom stereocenters. The Balaban J connectivity index is 1.66. The van der Waals surface area contributed by atoms with Gasteiger partial charge in [-0.1, -0.05) is 32.4 Å². The maximum absolute atomic E-state index is 6.29. The second-order valence-corrected chi connectivity index (χ2v) is 13.0. The van der Waals surface area contributed by atoms with Crippen LogP contribution in [0.5, 0.6) is 0 Å². The third-order valence-corrected chi connectivity index (χ3v) is 9.94. The first-order chi connectivity index (χ1) is 11.2. The number of halogens is 1. The first kappa shape index (κ1) is 17.8. The van der Waals surface area contributed by atoms with Gasteiger partial charge in [0.1, 0.15) is 11.5 Å². The standard InChI is InChI=1S/C16H25ClN4O2Si/c1-16(2,3)24(4,5)22-9-11-6-7-13(23-11)21-15-12(8-20-21)14(17)18-10-19-15/h8,10-11,13H,6-7,9H2,1-5H3/t11-,13?/m0/s1. The minimum absolute atomic E-state index is 0.0979. The summed E-state index contributed by atoms with van der Waals surface area (Å²) in [5, 5.41) is 5.77.